The zero-order valence-electron chi connectivity index (χ0n) is 8.48. The summed E-state index contributed by atoms with van der Waals surface area (Å²) in [5.74, 6) is 0. The second-order valence-corrected chi connectivity index (χ2v) is 4.79. The van der Waals surface area contributed by atoms with Gasteiger partial charge < -0.3 is 0 Å². The van der Waals surface area contributed by atoms with Crippen LogP contribution in [-0.4, -0.2) is 0 Å². The van der Waals surface area contributed by atoms with Crippen molar-refractivity contribution in [2.24, 2.45) is 0 Å². The second kappa shape index (κ2) is 3.72. The molecule has 0 amide bonds. The zero-order chi connectivity index (χ0) is 11.0. The Hall–Kier alpha value is -1.67. The molecule has 0 N–H and O–H groups in total. The molecule has 0 nitrogen and oxygen atoms in total. The quantitative estimate of drug-likeness (QED) is 0.550. The molecular formula is C14H9FS. The molecule has 0 radical (unpaired) electrons. The Morgan fingerprint density at radius 2 is 1.69 bits per heavy atom. The lowest BCUT2D eigenvalue weighted by Crippen LogP contribution is -1.70. The van der Waals surface area contributed by atoms with Crippen molar-refractivity contribution in [1.82, 2.24) is 0 Å². The number of thiophene rings is 1. The van der Waals surface area contributed by atoms with E-state index in [0.29, 0.717) is 6.33 Å². The van der Waals surface area contributed by atoms with Crippen molar-refractivity contribution < 1.29 is 4.39 Å². The Kier molecular flexibility index (Phi) is 2.22. The smallest absolute Gasteiger partial charge is 0.0880 e. The van der Waals surface area contributed by atoms with Gasteiger partial charge in [0.1, 0.15) is 0 Å². The molecule has 0 aliphatic carbocycles. The summed E-state index contributed by atoms with van der Waals surface area (Å²) < 4.78 is 13.3. The maximum absolute atomic E-state index is 12.1. The van der Waals surface area contributed by atoms with Crippen molar-refractivity contribution in [2.45, 2.75) is 0 Å². The molecule has 2 aromatic carbocycles. The number of benzene rings is 2. The SMILES string of the molecule is F/C=C/c1cc2cc3ccccc3cc2s1. The van der Waals surface area contributed by atoms with Gasteiger partial charge in [0.2, 0.25) is 0 Å². The molecule has 0 unspecified atom stereocenters. The van der Waals surface area contributed by atoms with Crippen LogP contribution in [0, 0.1) is 0 Å². The number of rotatable bonds is 1. The van der Waals surface area contributed by atoms with Crippen molar-refractivity contribution in [3.05, 3.63) is 53.7 Å². The lowest BCUT2D eigenvalue weighted by molar-refractivity contribution is 0.728. The van der Waals surface area contributed by atoms with Crippen LogP contribution in [0.4, 0.5) is 4.39 Å². The van der Waals surface area contributed by atoms with Crippen molar-refractivity contribution in [2.75, 3.05) is 0 Å². The predicted molar refractivity (Wildman–Crippen MR) is 69.5 cm³/mol. The Morgan fingerprint density at radius 3 is 2.44 bits per heavy atom. The van der Waals surface area contributed by atoms with E-state index < -0.39 is 0 Å². The lowest BCUT2D eigenvalue weighted by atomic mass is 10.1. The predicted octanol–water partition coefficient (Wildman–Crippen LogP) is 4.99. The highest BCUT2D eigenvalue weighted by molar-refractivity contribution is 7.19. The van der Waals surface area contributed by atoms with Gasteiger partial charge in [-0.2, -0.15) is 0 Å². The van der Waals surface area contributed by atoms with Gasteiger partial charge >= 0.3 is 0 Å². The molecule has 1 aromatic heterocycles. The third-order valence-corrected chi connectivity index (χ3v) is 3.69. The van der Waals surface area contributed by atoms with Crippen molar-refractivity contribution in [3.63, 3.8) is 0 Å². The average molecular weight is 228 g/mol. The molecule has 0 spiro atoms. The summed E-state index contributed by atoms with van der Waals surface area (Å²) in [7, 11) is 0. The molecule has 0 atom stereocenters. The molecule has 0 saturated carbocycles. The van der Waals surface area contributed by atoms with E-state index in [4.69, 9.17) is 0 Å². The first-order valence-corrected chi connectivity index (χ1v) is 5.87. The first kappa shape index (κ1) is 9.55. The normalized spacial score (nSPS) is 11.8. The largest absolute Gasteiger partial charge is 0.215 e. The molecule has 78 valence electrons. The highest BCUT2D eigenvalue weighted by atomic mass is 32.1. The van der Waals surface area contributed by atoms with E-state index in [1.807, 2.05) is 18.2 Å². The van der Waals surface area contributed by atoms with E-state index in [0.717, 1.165) is 4.88 Å². The minimum Gasteiger partial charge on any atom is -0.215 e. The van der Waals surface area contributed by atoms with Gasteiger partial charge in [0.05, 0.1) is 6.33 Å². The number of halogens is 1. The van der Waals surface area contributed by atoms with Crippen LogP contribution < -0.4 is 0 Å². The first-order valence-electron chi connectivity index (χ1n) is 5.06. The fourth-order valence-corrected chi connectivity index (χ4v) is 2.87. The molecule has 3 rings (SSSR count). The van der Waals surface area contributed by atoms with E-state index >= 15 is 0 Å². The Morgan fingerprint density at radius 1 is 0.938 bits per heavy atom. The molecule has 1 heterocycles. The van der Waals surface area contributed by atoms with Gasteiger partial charge in [0.15, 0.2) is 0 Å². The average Bonchev–Trinajstić information content (AvgIpc) is 2.67. The molecule has 0 bridgehead atoms. The second-order valence-electron chi connectivity index (χ2n) is 3.68. The van der Waals surface area contributed by atoms with Crippen LogP contribution in [0.2, 0.25) is 0 Å². The van der Waals surface area contributed by atoms with Crippen LogP contribution in [0.15, 0.2) is 48.8 Å². The van der Waals surface area contributed by atoms with Crippen molar-refractivity contribution in [1.29, 1.82) is 0 Å². The summed E-state index contributed by atoms with van der Waals surface area (Å²) in [6.07, 6.45) is 2.08. The standard InChI is InChI=1S/C14H9FS/c15-6-5-13-8-12-7-10-3-1-2-4-11(10)9-14(12)16-13/h1-9H/b6-5+. The van der Waals surface area contributed by atoms with Gasteiger partial charge in [0.25, 0.3) is 0 Å². The summed E-state index contributed by atoms with van der Waals surface area (Å²) in [5.41, 5.74) is 0. The Bertz CT molecular complexity index is 627. The van der Waals surface area contributed by atoms with Crippen LogP contribution in [0.5, 0.6) is 0 Å². The van der Waals surface area contributed by atoms with Crippen molar-refractivity contribution >= 4 is 38.3 Å². The number of hydrogen-bond donors (Lipinski definition) is 0. The molecular weight excluding hydrogens is 219 g/mol. The van der Waals surface area contributed by atoms with Gasteiger partial charge in [-0.1, -0.05) is 24.3 Å². The van der Waals surface area contributed by atoms with Crippen LogP contribution in [-0.2, 0) is 0 Å². The maximum Gasteiger partial charge on any atom is 0.0880 e. The van der Waals surface area contributed by atoms with Crippen LogP contribution >= 0.6 is 11.3 Å². The van der Waals surface area contributed by atoms with E-state index in [1.165, 1.54) is 26.9 Å². The fraction of sp³-hybridized carbons (Fsp3) is 0. The Labute approximate surface area is 96.6 Å². The number of hydrogen-bond acceptors (Lipinski definition) is 1. The zero-order valence-corrected chi connectivity index (χ0v) is 9.30. The maximum atomic E-state index is 12.1. The summed E-state index contributed by atoms with van der Waals surface area (Å²) in [6.45, 7) is 0. The third kappa shape index (κ3) is 1.51. The minimum absolute atomic E-state index is 0.588. The van der Waals surface area contributed by atoms with Crippen LogP contribution in [0.3, 0.4) is 0 Å². The summed E-state index contributed by atoms with van der Waals surface area (Å²) in [6, 6.07) is 14.6. The van der Waals surface area contributed by atoms with Gasteiger partial charge in [-0.3, -0.25) is 0 Å². The third-order valence-electron chi connectivity index (χ3n) is 2.63. The van der Waals surface area contributed by atoms with Gasteiger partial charge in [-0.25, -0.2) is 4.39 Å². The van der Waals surface area contributed by atoms with Gasteiger partial charge in [0, 0.05) is 9.58 Å². The fourth-order valence-electron chi connectivity index (χ4n) is 1.89. The van der Waals surface area contributed by atoms with Crippen LogP contribution in [0.1, 0.15) is 4.88 Å². The molecule has 0 aliphatic rings. The molecule has 2 heteroatoms. The summed E-state index contributed by atoms with van der Waals surface area (Å²) in [4.78, 5) is 0.952. The van der Waals surface area contributed by atoms with E-state index in [9.17, 15) is 4.39 Å². The molecule has 0 fully saturated rings. The lowest BCUT2D eigenvalue weighted by Gasteiger charge is -1.96. The van der Waals surface area contributed by atoms with Crippen molar-refractivity contribution in [3.8, 4) is 0 Å². The highest BCUT2D eigenvalue weighted by Crippen LogP contribution is 2.30. The Balaban J connectivity index is 2.33. The highest BCUT2D eigenvalue weighted by Gasteiger charge is 2.01. The van der Waals surface area contributed by atoms with Gasteiger partial charge in [-0.15, -0.1) is 11.3 Å². The van der Waals surface area contributed by atoms with E-state index in [1.54, 1.807) is 11.3 Å². The first-order chi connectivity index (χ1) is 7.86. The van der Waals surface area contributed by atoms with E-state index in [-0.39, 0.29) is 0 Å². The molecule has 0 saturated heterocycles. The monoisotopic (exact) mass is 228 g/mol. The molecule has 3 aromatic rings. The number of fused-ring (bicyclic) bond motifs is 2. The van der Waals surface area contributed by atoms with E-state index in [2.05, 4.69) is 24.3 Å². The topological polar surface area (TPSA) is 0 Å². The van der Waals surface area contributed by atoms with Gasteiger partial charge in [-0.05, 0) is 40.4 Å². The summed E-state index contributed by atoms with van der Waals surface area (Å²) >= 11 is 1.61. The van der Waals surface area contributed by atoms with Crippen LogP contribution in [0.25, 0.3) is 26.9 Å². The minimum atomic E-state index is 0.588. The summed E-state index contributed by atoms with van der Waals surface area (Å²) in [5, 5.41) is 3.63. The molecule has 0 aliphatic heterocycles. The molecule has 16 heavy (non-hydrogen) atoms.